The molecule has 3 rings (SSSR count). The molecule has 120 valence electrons. The van der Waals surface area contributed by atoms with Crippen LogP contribution < -0.4 is 4.90 Å². The zero-order valence-electron chi connectivity index (χ0n) is 13.8. The number of rotatable bonds is 2. The molecule has 1 atom stereocenters. The fourth-order valence-corrected chi connectivity index (χ4v) is 3.86. The number of likely N-dealkylation sites (tertiary alicyclic amines) is 1. The first-order valence-corrected chi connectivity index (χ1v) is 8.65. The first-order chi connectivity index (χ1) is 10.7. The van der Waals surface area contributed by atoms with Crippen LogP contribution in [0.5, 0.6) is 0 Å². The number of piperidine rings is 2. The highest BCUT2D eigenvalue weighted by Gasteiger charge is 2.26. The Hall–Kier alpha value is -1.58. The molecule has 0 unspecified atom stereocenters. The van der Waals surface area contributed by atoms with Gasteiger partial charge in [-0.15, -0.1) is 0 Å². The van der Waals surface area contributed by atoms with Crippen molar-refractivity contribution in [3.63, 3.8) is 0 Å². The number of carbonyl (C=O) groups is 1. The van der Waals surface area contributed by atoms with E-state index < -0.39 is 0 Å². The van der Waals surface area contributed by atoms with Gasteiger partial charge in [0.1, 0.15) is 5.82 Å². The number of hydrogen-bond donors (Lipinski definition) is 0. The monoisotopic (exact) mass is 301 g/mol. The molecule has 0 aliphatic carbocycles. The minimum Gasteiger partial charge on any atom is -0.356 e. The summed E-state index contributed by atoms with van der Waals surface area (Å²) in [6.45, 7) is 6.96. The molecule has 0 spiro atoms. The van der Waals surface area contributed by atoms with Crippen LogP contribution >= 0.6 is 0 Å². The van der Waals surface area contributed by atoms with Crippen molar-refractivity contribution in [2.45, 2.75) is 58.4 Å². The van der Waals surface area contributed by atoms with Gasteiger partial charge in [0.15, 0.2) is 0 Å². The van der Waals surface area contributed by atoms with Crippen molar-refractivity contribution in [1.82, 2.24) is 9.88 Å². The molecule has 0 saturated carbocycles. The number of hydrogen-bond acceptors (Lipinski definition) is 3. The van der Waals surface area contributed by atoms with Crippen molar-refractivity contribution in [3.05, 3.63) is 23.4 Å². The summed E-state index contributed by atoms with van der Waals surface area (Å²) in [7, 11) is 0. The molecule has 1 aromatic heterocycles. The van der Waals surface area contributed by atoms with Gasteiger partial charge in [-0.1, -0.05) is 0 Å². The minimum atomic E-state index is 0.183. The average molecular weight is 301 g/mol. The Morgan fingerprint density at radius 2 is 1.86 bits per heavy atom. The Morgan fingerprint density at radius 1 is 1.14 bits per heavy atom. The molecule has 3 heterocycles. The largest absolute Gasteiger partial charge is 0.356 e. The summed E-state index contributed by atoms with van der Waals surface area (Å²) in [4.78, 5) is 21.1. The summed E-state index contributed by atoms with van der Waals surface area (Å²) in [5, 5.41) is 0. The Labute approximate surface area is 133 Å². The van der Waals surface area contributed by atoms with Gasteiger partial charge >= 0.3 is 0 Å². The molecular weight excluding hydrogens is 274 g/mol. The van der Waals surface area contributed by atoms with E-state index in [2.05, 4.69) is 17.9 Å². The first-order valence-electron chi connectivity index (χ1n) is 8.65. The van der Waals surface area contributed by atoms with Gasteiger partial charge in [-0.25, -0.2) is 4.98 Å². The fraction of sp³-hybridized carbons (Fsp3) is 0.667. The van der Waals surface area contributed by atoms with E-state index in [-0.39, 0.29) is 11.9 Å². The summed E-state index contributed by atoms with van der Waals surface area (Å²) >= 11 is 0. The lowest BCUT2D eigenvalue weighted by Crippen LogP contribution is -2.37. The molecule has 0 N–H and O–H groups in total. The molecule has 4 heteroatoms. The minimum absolute atomic E-state index is 0.183. The van der Waals surface area contributed by atoms with E-state index >= 15 is 0 Å². The maximum absolute atomic E-state index is 11.9. The van der Waals surface area contributed by atoms with E-state index in [0.29, 0.717) is 0 Å². The second-order valence-electron chi connectivity index (χ2n) is 6.68. The van der Waals surface area contributed by atoms with Gasteiger partial charge in [0.2, 0.25) is 5.91 Å². The summed E-state index contributed by atoms with van der Waals surface area (Å²) in [6.07, 6.45) is 9.25. The van der Waals surface area contributed by atoms with Crippen molar-refractivity contribution in [3.8, 4) is 0 Å². The third kappa shape index (κ3) is 3.11. The first kappa shape index (κ1) is 15.3. The number of aryl methyl sites for hydroxylation is 1. The molecule has 22 heavy (non-hydrogen) atoms. The molecule has 0 radical (unpaired) electrons. The van der Waals surface area contributed by atoms with E-state index in [0.717, 1.165) is 38.3 Å². The molecule has 4 nitrogen and oxygen atoms in total. The van der Waals surface area contributed by atoms with Crippen LogP contribution in [0.1, 0.15) is 62.6 Å². The number of carbonyl (C=O) groups excluding carboxylic acids is 1. The predicted molar refractivity (Wildman–Crippen MR) is 89.0 cm³/mol. The van der Waals surface area contributed by atoms with E-state index in [1.807, 2.05) is 11.1 Å². The highest BCUT2D eigenvalue weighted by molar-refractivity contribution is 5.74. The maximum atomic E-state index is 11.9. The van der Waals surface area contributed by atoms with Crippen molar-refractivity contribution < 1.29 is 4.79 Å². The number of anilines is 1. The van der Waals surface area contributed by atoms with Gasteiger partial charge in [0, 0.05) is 32.8 Å². The molecule has 1 aromatic rings. The van der Waals surface area contributed by atoms with E-state index in [4.69, 9.17) is 4.98 Å². The van der Waals surface area contributed by atoms with Gasteiger partial charge in [0.25, 0.3) is 0 Å². The van der Waals surface area contributed by atoms with Crippen LogP contribution in [0.25, 0.3) is 0 Å². The van der Waals surface area contributed by atoms with Crippen LogP contribution in [-0.2, 0) is 4.79 Å². The van der Waals surface area contributed by atoms with Gasteiger partial charge < -0.3 is 9.80 Å². The normalized spacial score (nSPS) is 22.7. The van der Waals surface area contributed by atoms with Crippen LogP contribution in [0.2, 0.25) is 0 Å². The lowest BCUT2D eigenvalue weighted by Gasteiger charge is -2.36. The van der Waals surface area contributed by atoms with Crippen LogP contribution in [0.3, 0.4) is 0 Å². The van der Waals surface area contributed by atoms with Crippen LogP contribution in [-0.4, -0.2) is 35.4 Å². The standard InChI is InChI=1S/C18H27N3O/c1-14-12-16(17-8-4-7-11-21(17)15(2)22)13-19-18(14)20-9-5-3-6-10-20/h12-13,17H,3-11H2,1-2H3/t17-/m1/s1. The van der Waals surface area contributed by atoms with Gasteiger partial charge in [-0.3, -0.25) is 4.79 Å². The molecule has 2 saturated heterocycles. The van der Waals surface area contributed by atoms with E-state index in [1.165, 1.54) is 36.8 Å². The van der Waals surface area contributed by atoms with Crippen LogP contribution in [0.4, 0.5) is 5.82 Å². The second-order valence-corrected chi connectivity index (χ2v) is 6.68. The number of pyridine rings is 1. The van der Waals surface area contributed by atoms with Gasteiger partial charge in [-0.2, -0.15) is 0 Å². The fourth-order valence-electron chi connectivity index (χ4n) is 3.86. The molecule has 0 aromatic carbocycles. The average Bonchev–Trinajstić information content (AvgIpc) is 2.55. The van der Waals surface area contributed by atoms with Gasteiger partial charge in [-0.05, 0) is 62.6 Å². The lowest BCUT2D eigenvalue weighted by molar-refractivity contribution is -0.132. The highest BCUT2D eigenvalue weighted by atomic mass is 16.2. The van der Waals surface area contributed by atoms with Gasteiger partial charge in [0.05, 0.1) is 6.04 Å². The predicted octanol–water partition coefficient (Wildman–Crippen LogP) is 3.45. The zero-order chi connectivity index (χ0) is 15.5. The summed E-state index contributed by atoms with van der Waals surface area (Å²) in [6, 6.07) is 2.47. The summed E-state index contributed by atoms with van der Waals surface area (Å²) in [5.74, 6) is 1.32. The Bertz CT molecular complexity index is 537. The molecule has 2 aliphatic heterocycles. The Balaban J connectivity index is 1.82. The number of aromatic nitrogens is 1. The molecule has 2 aliphatic rings. The van der Waals surface area contributed by atoms with Crippen molar-refractivity contribution in [2.75, 3.05) is 24.5 Å². The Morgan fingerprint density at radius 3 is 2.55 bits per heavy atom. The molecule has 2 fully saturated rings. The van der Waals surface area contributed by atoms with Crippen molar-refractivity contribution in [1.29, 1.82) is 0 Å². The summed E-state index contributed by atoms with van der Waals surface area (Å²) < 4.78 is 0. The zero-order valence-corrected chi connectivity index (χ0v) is 13.8. The van der Waals surface area contributed by atoms with Crippen molar-refractivity contribution in [2.24, 2.45) is 0 Å². The van der Waals surface area contributed by atoms with Crippen molar-refractivity contribution >= 4 is 11.7 Å². The van der Waals surface area contributed by atoms with Crippen LogP contribution in [0.15, 0.2) is 12.3 Å². The summed E-state index contributed by atoms with van der Waals surface area (Å²) in [5.41, 5.74) is 2.45. The van der Waals surface area contributed by atoms with E-state index in [9.17, 15) is 4.79 Å². The topological polar surface area (TPSA) is 36.4 Å². The Kier molecular flexibility index (Phi) is 4.65. The quantitative estimate of drug-likeness (QED) is 0.839. The molecule has 0 bridgehead atoms. The maximum Gasteiger partial charge on any atom is 0.219 e. The number of amides is 1. The van der Waals surface area contributed by atoms with Crippen LogP contribution in [0, 0.1) is 6.92 Å². The highest BCUT2D eigenvalue weighted by Crippen LogP contribution is 2.32. The third-order valence-corrected chi connectivity index (χ3v) is 5.02. The lowest BCUT2D eigenvalue weighted by atomic mass is 9.95. The number of nitrogens with zero attached hydrogens (tertiary/aromatic N) is 3. The second kappa shape index (κ2) is 6.67. The van der Waals surface area contributed by atoms with E-state index in [1.54, 1.807) is 6.92 Å². The SMILES string of the molecule is CC(=O)N1CCCC[C@@H]1c1cnc(N2CCCCC2)c(C)c1. The smallest absolute Gasteiger partial charge is 0.219 e. The third-order valence-electron chi connectivity index (χ3n) is 5.02. The molecule has 1 amide bonds. The molecular formula is C18H27N3O.